The number of aromatic nitrogens is 2. The lowest BCUT2D eigenvalue weighted by Crippen LogP contribution is -2.25. The molecule has 0 radical (unpaired) electrons. The second kappa shape index (κ2) is 6.45. The fourth-order valence-electron chi connectivity index (χ4n) is 2.07. The molecule has 0 saturated carbocycles. The molecule has 0 aliphatic rings. The zero-order valence-corrected chi connectivity index (χ0v) is 11.8. The average molecular weight is 293 g/mol. The van der Waals surface area contributed by atoms with E-state index in [1.807, 2.05) is 0 Å². The highest BCUT2D eigenvalue weighted by atomic mass is 19.1. The molecule has 0 saturated heterocycles. The summed E-state index contributed by atoms with van der Waals surface area (Å²) in [5, 5.41) is 0. The number of halogens is 1. The molecule has 0 spiro atoms. The van der Waals surface area contributed by atoms with Crippen LogP contribution in [0.15, 0.2) is 18.3 Å². The Balaban J connectivity index is 2.64. The molecule has 2 aromatic heterocycles. The summed E-state index contributed by atoms with van der Waals surface area (Å²) < 4.78 is 24.2. The smallest absolute Gasteiger partial charge is 0.314 e. The van der Waals surface area contributed by atoms with Gasteiger partial charge in [0.05, 0.1) is 36.9 Å². The van der Waals surface area contributed by atoms with E-state index in [1.165, 1.54) is 7.11 Å². The molecule has 0 aliphatic heterocycles. The second-order valence-corrected chi connectivity index (χ2v) is 4.28. The monoisotopic (exact) mass is 293 g/mol. The van der Waals surface area contributed by atoms with Gasteiger partial charge >= 0.3 is 5.97 Å². The van der Waals surface area contributed by atoms with Crippen LogP contribution in [0.2, 0.25) is 0 Å². The van der Waals surface area contributed by atoms with Crippen molar-refractivity contribution >= 4 is 17.0 Å². The summed E-state index contributed by atoms with van der Waals surface area (Å²) in [6, 6.07) is 3.25. The number of esters is 1. The van der Waals surface area contributed by atoms with Crippen LogP contribution in [-0.2, 0) is 9.53 Å². The van der Waals surface area contributed by atoms with Gasteiger partial charge in [0.25, 0.3) is 0 Å². The quantitative estimate of drug-likeness (QED) is 0.838. The summed E-state index contributed by atoms with van der Waals surface area (Å²) in [6.45, 7) is 1.78. The minimum Gasteiger partial charge on any atom is -0.481 e. The Morgan fingerprint density at radius 3 is 2.86 bits per heavy atom. The summed E-state index contributed by atoms with van der Waals surface area (Å²) in [4.78, 5) is 20.1. The number of carbonyl (C=O) groups excluding carboxylic acids is 1. The number of pyridine rings is 2. The van der Waals surface area contributed by atoms with Gasteiger partial charge in [-0.1, -0.05) is 0 Å². The Kier molecular flexibility index (Phi) is 4.64. The highest BCUT2D eigenvalue weighted by Crippen LogP contribution is 2.28. The predicted octanol–water partition coefficient (Wildman–Crippen LogP) is 1.38. The number of methoxy groups -OCH3 is 1. The lowest BCUT2D eigenvalue weighted by molar-refractivity contribution is -0.144. The minimum atomic E-state index is -0.935. The van der Waals surface area contributed by atoms with Crippen molar-refractivity contribution in [2.75, 3.05) is 20.3 Å². The molecule has 21 heavy (non-hydrogen) atoms. The Morgan fingerprint density at radius 1 is 1.48 bits per heavy atom. The highest BCUT2D eigenvalue weighted by Gasteiger charge is 2.27. The van der Waals surface area contributed by atoms with Gasteiger partial charge in [-0.3, -0.25) is 9.78 Å². The van der Waals surface area contributed by atoms with E-state index in [4.69, 9.17) is 15.2 Å². The lowest BCUT2D eigenvalue weighted by Gasteiger charge is -2.16. The maximum absolute atomic E-state index is 14.2. The number of nitrogens with two attached hydrogens (primary N) is 1. The Morgan fingerprint density at radius 2 is 2.24 bits per heavy atom. The van der Waals surface area contributed by atoms with Gasteiger partial charge in [-0.05, 0) is 13.0 Å². The molecule has 2 aromatic rings. The van der Waals surface area contributed by atoms with Gasteiger partial charge in [-0.15, -0.1) is 0 Å². The van der Waals surface area contributed by atoms with Gasteiger partial charge in [0.2, 0.25) is 5.88 Å². The molecule has 6 nitrogen and oxygen atoms in total. The summed E-state index contributed by atoms with van der Waals surface area (Å²) in [6.07, 6.45) is 1.05. The van der Waals surface area contributed by atoms with Crippen LogP contribution in [0.5, 0.6) is 5.88 Å². The number of nitrogens with zero attached hydrogens (tertiary/aromatic N) is 2. The van der Waals surface area contributed by atoms with Gasteiger partial charge in [0.1, 0.15) is 5.82 Å². The average Bonchev–Trinajstić information content (AvgIpc) is 2.50. The molecule has 2 N–H and O–H groups in total. The molecule has 2 heterocycles. The van der Waals surface area contributed by atoms with Gasteiger partial charge in [0, 0.05) is 18.2 Å². The topological polar surface area (TPSA) is 87.3 Å². The standard InChI is InChI=1S/C14H16FN3O3/c1-3-21-14(19)8(6-16)12-9(15)7-17-10-4-5-11(20-2)18-13(10)12/h4-5,7-8H,3,6,16H2,1-2H3. The van der Waals surface area contributed by atoms with Gasteiger partial charge < -0.3 is 15.2 Å². The van der Waals surface area contributed by atoms with Crippen molar-refractivity contribution in [2.24, 2.45) is 5.73 Å². The number of hydrogen-bond acceptors (Lipinski definition) is 6. The van der Waals surface area contributed by atoms with Crippen LogP contribution in [0.25, 0.3) is 11.0 Å². The first-order valence-corrected chi connectivity index (χ1v) is 6.48. The number of ether oxygens (including phenoxy) is 2. The molecule has 7 heteroatoms. The number of carbonyl (C=O) groups is 1. The van der Waals surface area contributed by atoms with E-state index in [9.17, 15) is 9.18 Å². The molecular weight excluding hydrogens is 277 g/mol. The third kappa shape index (κ3) is 2.92. The van der Waals surface area contributed by atoms with Crippen LogP contribution in [0, 0.1) is 5.82 Å². The molecule has 1 atom stereocenters. The summed E-state index contributed by atoms with van der Waals surface area (Å²) in [5.41, 5.74) is 6.40. The Bertz CT molecular complexity index is 663. The highest BCUT2D eigenvalue weighted by molar-refractivity contribution is 5.87. The van der Waals surface area contributed by atoms with Crippen molar-refractivity contribution in [3.63, 3.8) is 0 Å². The van der Waals surface area contributed by atoms with Crippen LogP contribution < -0.4 is 10.5 Å². The molecule has 0 bridgehead atoms. The molecule has 0 aromatic carbocycles. The van der Waals surface area contributed by atoms with Crippen LogP contribution in [0.3, 0.4) is 0 Å². The van der Waals surface area contributed by atoms with Gasteiger partial charge in [0.15, 0.2) is 0 Å². The molecule has 0 aliphatic carbocycles. The first-order chi connectivity index (χ1) is 10.1. The van der Waals surface area contributed by atoms with E-state index < -0.39 is 17.7 Å². The Hall–Kier alpha value is -2.28. The van der Waals surface area contributed by atoms with E-state index >= 15 is 0 Å². The lowest BCUT2D eigenvalue weighted by atomic mass is 9.98. The molecule has 2 rings (SSSR count). The van der Waals surface area contributed by atoms with Crippen LogP contribution >= 0.6 is 0 Å². The van der Waals surface area contributed by atoms with E-state index in [0.29, 0.717) is 11.4 Å². The van der Waals surface area contributed by atoms with Crippen molar-refractivity contribution in [3.8, 4) is 5.88 Å². The third-order valence-electron chi connectivity index (χ3n) is 3.04. The SMILES string of the molecule is CCOC(=O)C(CN)c1c(F)cnc2ccc(OC)nc12. The van der Waals surface area contributed by atoms with Gasteiger partial charge in [-0.25, -0.2) is 9.37 Å². The normalized spacial score (nSPS) is 12.2. The summed E-state index contributed by atoms with van der Waals surface area (Å²) in [5.74, 6) is -1.87. The zero-order chi connectivity index (χ0) is 15.4. The number of fused-ring (bicyclic) bond motifs is 1. The first-order valence-electron chi connectivity index (χ1n) is 6.48. The first kappa shape index (κ1) is 15.1. The van der Waals surface area contributed by atoms with Gasteiger partial charge in [-0.2, -0.15) is 0 Å². The zero-order valence-electron chi connectivity index (χ0n) is 11.8. The molecule has 1 unspecified atom stereocenters. The molecule has 112 valence electrons. The van der Waals surface area contributed by atoms with E-state index in [1.54, 1.807) is 19.1 Å². The van der Waals surface area contributed by atoms with Crippen LogP contribution in [-0.4, -0.2) is 36.2 Å². The maximum atomic E-state index is 14.2. The van der Waals surface area contributed by atoms with Crippen molar-refractivity contribution in [1.29, 1.82) is 0 Å². The van der Waals surface area contributed by atoms with Crippen molar-refractivity contribution in [3.05, 3.63) is 29.7 Å². The molecule has 0 amide bonds. The fourth-order valence-corrected chi connectivity index (χ4v) is 2.07. The third-order valence-corrected chi connectivity index (χ3v) is 3.04. The largest absolute Gasteiger partial charge is 0.481 e. The second-order valence-electron chi connectivity index (χ2n) is 4.28. The van der Waals surface area contributed by atoms with Crippen LogP contribution in [0.4, 0.5) is 4.39 Å². The number of rotatable bonds is 5. The molecular formula is C14H16FN3O3. The maximum Gasteiger partial charge on any atom is 0.314 e. The fraction of sp³-hybridized carbons (Fsp3) is 0.357. The predicted molar refractivity (Wildman–Crippen MR) is 74.5 cm³/mol. The summed E-state index contributed by atoms with van der Waals surface area (Å²) >= 11 is 0. The number of hydrogen-bond donors (Lipinski definition) is 1. The summed E-state index contributed by atoms with van der Waals surface area (Å²) in [7, 11) is 1.45. The Labute approximate surface area is 121 Å². The van der Waals surface area contributed by atoms with Crippen molar-refractivity contribution in [1.82, 2.24) is 9.97 Å². The van der Waals surface area contributed by atoms with Crippen LogP contribution in [0.1, 0.15) is 18.4 Å². The van der Waals surface area contributed by atoms with Crippen molar-refractivity contribution in [2.45, 2.75) is 12.8 Å². The van der Waals surface area contributed by atoms with E-state index in [2.05, 4.69) is 9.97 Å². The van der Waals surface area contributed by atoms with E-state index in [-0.39, 0.29) is 24.2 Å². The van der Waals surface area contributed by atoms with E-state index in [0.717, 1.165) is 6.20 Å². The van der Waals surface area contributed by atoms with Crippen molar-refractivity contribution < 1.29 is 18.7 Å². The molecule has 0 fully saturated rings. The minimum absolute atomic E-state index is 0.0832.